The first-order valence-electron chi connectivity index (χ1n) is 9.11. The third-order valence-electron chi connectivity index (χ3n) is 3.94. The second-order valence-corrected chi connectivity index (χ2v) is 7.18. The minimum absolute atomic E-state index is 0.178. The Bertz CT molecular complexity index is 1020. The number of amides is 1. The normalized spacial score (nSPS) is 11.0. The van der Waals surface area contributed by atoms with E-state index in [9.17, 15) is 9.59 Å². The van der Waals surface area contributed by atoms with Crippen molar-refractivity contribution in [2.45, 2.75) is 6.42 Å². The Morgan fingerprint density at radius 1 is 1.00 bits per heavy atom. The van der Waals surface area contributed by atoms with Gasteiger partial charge < -0.3 is 9.47 Å². The molecule has 1 heterocycles. The van der Waals surface area contributed by atoms with E-state index in [4.69, 9.17) is 9.47 Å². The number of methoxy groups -OCH3 is 1. The molecule has 1 amide bonds. The summed E-state index contributed by atoms with van der Waals surface area (Å²) in [5, 5.41) is 5.87. The number of esters is 1. The Morgan fingerprint density at radius 2 is 1.70 bits per heavy atom. The number of hydrazone groups is 1. The van der Waals surface area contributed by atoms with E-state index in [-0.39, 0.29) is 5.91 Å². The number of nitrogens with zero attached hydrogens (tertiary/aromatic N) is 1. The van der Waals surface area contributed by atoms with Crippen LogP contribution >= 0.6 is 11.3 Å². The average molecular weight is 420 g/mol. The molecule has 3 rings (SSSR count). The Hall–Kier alpha value is -3.71. The van der Waals surface area contributed by atoms with Gasteiger partial charge in [-0.3, -0.25) is 4.79 Å². The summed E-state index contributed by atoms with van der Waals surface area (Å²) in [4.78, 5) is 24.7. The van der Waals surface area contributed by atoms with Crippen molar-refractivity contribution in [3.8, 4) is 11.5 Å². The number of benzene rings is 2. The summed E-state index contributed by atoms with van der Waals surface area (Å²) >= 11 is 1.53. The number of nitrogens with one attached hydrogen (secondary N) is 1. The van der Waals surface area contributed by atoms with Crippen molar-refractivity contribution in [2.24, 2.45) is 5.10 Å². The van der Waals surface area contributed by atoms with Crippen LogP contribution < -0.4 is 14.9 Å². The molecule has 0 aliphatic carbocycles. The summed E-state index contributed by atoms with van der Waals surface area (Å²) in [6, 6.07) is 17.9. The summed E-state index contributed by atoms with van der Waals surface area (Å²) in [5.74, 6) is 0.509. The summed E-state index contributed by atoms with van der Waals surface area (Å²) in [6.45, 7) is 0. The molecular weight excluding hydrogens is 400 g/mol. The van der Waals surface area contributed by atoms with Crippen LogP contribution in [0.3, 0.4) is 0 Å². The molecule has 0 bridgehead atoms. The molecule has 0 atom stereocenters. The maximum Gasteiger partial charge on any atom is 0.336 e. The number of carbonyl (C=O) groups is 2. The minimum atomic E-state index is -0.479. The molecule has 0 spiro atoms. The summed E-state index contributed by atoms with van der Waals surface area (Å²) < 4.78 is 10.4. The zero-order valence-electron chi connectivity index (χ0n) is 16.3. The Labute approximate surface area is 178 Å². The molecule has 6 nitrogen and oxygen atoms in total. The number of rotatable bonds is 8. The van der Waals surface area contributed by atoms with E-state index < -0.39 is 5.97 Å². The van der Waals surface area contributed by atoms with Crippen LogP contribution in [0.4, 0.5) is 0 Å². The van der Waals surface area contributed by atoms with Gasteiger partial charge in [0.2, 0.25) is 5.91 Å². The third-order valence-corrected chi connectivity index (χ3v) is 4.82. The summed E-state index contributed by atoms with van der Waals surface area (Å²) in [6.07, 6.45) is 4.86. The summed E-state index contributed by atoms with van der Waals surface area (Å²) in [7, 11) is 1.60. The second kappa shape index (κ2) is 10.7. The van der Waals surface area contributed by atoms with E-state index in [1.165, 1.54) is 23.6 Å². The SMILES string of the molecule is COc1ccc(C=CC(=O)Oc2ccc(C=NNC(=O)Cc3cccs3)cc2)cc1. The van der Waals surface area contributed by atoms with Crippen molar-refractivity contribution in [2.75, 3.05) is 7.11 Å². The van der Waals surface area contributed by atoms with Crippen LogP contribution in [0.25, 0.3) is 6.08 Å². The highest BCUT2D eigenvalue weighted by atomic mass is 32.1. The Kier molecular flexibility index (Phi) is 7.51. The van der Waals surface area contributed by atoms with Crippen LogP contribution in [0.1, 0.15) is 16.0 Å². The Balaban J connectivity index is 1.46. The highest BCUT2D eigenvalue weighted by Crippen LogP contribution is 2.14. The summed E-state index contributed by atoms with van der Waals surface area (Å²) in [5.41, 5.74) is 4.12. The van der Waals surface area contributed by atoms with Crippen LogP contribution in [0, 0.1) is 0 Å². The maximum atomic E-state index is 12.0. The van der Waals surface area contributed by atoms with E-state index in [1.807, 2.05) is 41.8 Å². The quantitative estimate of drug-likeness (QED) is 0.196. The first-order valence-corrected chi connectivity index (χ1v) is 9.98. The molecule has 0 radical (unpaired) electrons. The lowest BCUT2D eigenvalue weighted by Crippen LogP contribution is -2.19. The fourth-order valence-electron chi connectivity index (χ4n) is 2.44. The predicted molar refractivity (Wildman–Crippen MR) is 118 cm³/mol. The molecule has 2 aromatic carbocycles. The molecule has 1 aromatic heterocycles. The number of carbonyl (C=O) groups excluding carboxylic acids is 2. The van der Waals surface area contributed by atoms with Gasteiger partial charge in [0.05, 0.1) is 19.7 Å². The van der Waals surface area contributed by atoms with Crippen molar-refractivity contribution in [1.29, 1.82) is 0 Å². The number of hydrogen-bond donors (Lipinski definition) is 1. The lowest BCUT2D eigenvalue weighted by atomic mass is 10.2. The fraction of sp³-hybridized carbons (Fsp3) is 0.0870. The third kappa shape index (κ3) is 6.72. The number of thiophene rings is 1. The van der Waals surface area contributed by atoms with E-state index >= 15 is 0 Å². The smallest absolute Gasteiger partial charge is 0.336 e. The van der Waals surface area contributed by atoms with Crippen molar-refractivity contribution < 1.29 is 19.1 Å². The van der Waals surface area contributed by atoms with Gasteiger partial charge in [0.15, 0.2) is 0 Å². The van der Waals surface area contributed by atoms with Crippen molar-refractivity contribution in [3.63, 3.8) is 0 Å². The Morgan fingerprint density at radius 3 is 2.37 bits per heavy atom. The topological polar surface area (TPSA) is 77.0 Å². The molecule has 152 valence electrons. The standard InChI is InChI=1S/C23H20N2O4S/c1-28-19-9-4-17(5-10-19)8-13-23(27)29-20-11-6-18(7-12-20)16-24-25-22(26)15-21-3-2-14-30-21/h2-14,16H,15H2,1H3,(H,25,26). The predicted octanol–water partition coefficient (Wildman–Crippen LogP) is 4.07. The van der Waals surface area contributed by atoms with Crippen LogP contribution in [-0.2, 0) is 16.0 Å². The molecule has 7 heteroatoms. The van der Waals surface area contributed by atoms with Gasteiger partial charge in [-0.15, -0.1) is 11.3 Å². The van der Waals surface area contributed by atoms with Gasteiger partial charge in [0.1, 0.15) is 11.5 Å². The van der Waals surface area contributed by atoms with Crippen molar-refractivity contribution >= 4 is 35.5 Å². The second-order valence-electron chi connectivity index (χ2n) is 6.15. The van der Waals surface area contributed by atoms with Crippen molar-refractivity contribution in [1.82, 2.24) is 5.43 Å². The highest BCUT2D eigenvalue weighted by Gasteiger charge is 2.03. The highest BCUT2D eigenvalue weighted by molar-refractivity contribution is 7.10. The zero-order valence-corrected chi connectivity index (χ0v) is 17.1. The van der Waals surface area contributed by atoms with E-state index in [1.54, 1.807) is 37.5 Å². The molecule has 1 N–H and O–H groups in total. The van der Waals surface area contributed by atoms with Gasteiger partial charge in [0.25, 0.3) is 0 Å². The molecule has 0 saturated carbocycles. The maximum absolute atomic E-state index is 12.0. The molecule has 3 aromatic rings. The molecule has 0 fully saturated rings. The van der Waals surface area contributed by atoms with Gasteiger partial charge in [-0.1, -0.05) is 18.2 Å². The zero-order chi connectivity index (χ0) is 21.2. The minimum Gasteiger partial charge on any atom is -0.497 e. The van der Waals surface area contributed by atoms with Crippen LogP contribution in [-0.4, -0.2) is 25.2 Å². The molecule has 30 heavy (non-hydrogen) atoms. The van der Waals surface area contributed by atoms with Gasteiger partial charge in [-0.05, 0) is 65.0 Å². The van der Waals surface area contributed by atoms with Crippen LogP contribution in [0.5, 0.6) is 11.5 Å². The fourth-order valence-corrected chi connectivity index (χ4v) is 3.14. The van der Waals surface area contributed by atoms with Gasteiger partial charge in [0, 0.05) is 11.0 Å². The molecule has 0 aliphatic rings. The van der Waals surface area contributed by atoms with Gasteiger partial charge in [-0.2, -0.15) is 5.10 Å². The lowest BCUT2D eigenvalue weighted by Gasteiger charge is -2.02. The first-order chi connectivity index (χ1) is 14.6. The van der Waals surface area contributed by atoms with Gasteiger partial charge >= 0.3 is 5.97 Å². The van der Waals surface area contributed by atoms with Crippen LogP contribution in [0.2, 0.25) is 0 Å². The van der Waals surface area contributed by atoms with E-state index in [0.29, 0.717) is 12.2 Å². The largest absolute Gasteiger partial charge is 0.497 e. The molecular formula is C23H20N2O4S. The van der Waals surface area contributed by atoms with E-state index in [0.717, 1.165) is 21.8 Å². The average Bonchev–Trinajstić information content (AvgIpc) is 3.27. The van der Waals surface area contributed by atoms with Gasteiger partial charge in [-0.25, -0.2) is 10.2 Å². The van der Waals surface area contributed by atoms with E-state index in [2.05, 4.69) is 10.5 Å². The molecule has 0 aliphatic heterocycles. The molecule has 0 saturated heterocycles. The monoisotopic (exact) mass is 420 g/mol. The van der Waals surface area contributed by atoms with Crippen LogP contribution in [0.15, 0.2) is 77.2 Å². The van der Waals surface area contributed by atoms with Crippen molar-refractivity contribution in [3.05, 3.63) is 88.1 Å². The number of hydrogen-bond acceptors (Lipinski definition) is 6. The lowest BCUT2D eigenvalue weighted by molar-refractivity contribution is -0.129. The molecule has 0 unspecified atom stereocenters. The number of ether oxygens (including phenoxy) is 2. The first kappa shape index (κ1) is 21.0.